The molecule has 1 aromatic rings. The van der Waals surface area contributed by atoms with E-state index in [1.807, 2.05) is 12.4 Å². The lowest BCUT2D eigenvalue weighted by Gasteiger charge is -2.53. The maximum atomic E-state index is 10.6. The van der Waals surface area contributed by atoms with Crippen molar-refractivity contribution >= 4 is 11.9 Å². The van der Waals surface area contributed by atoms with Gasteiger partial charge < -0.3 is 19.7 Å². The number of carboxylic acid groups (broad SMARTS) is 2. The highest BCUT2D eigenvalue weighted by atomic mass is 19.4. The maximum absolute atomic E-state index is 10.6. The number of aromatic nitrogens is 1. The number of alkyl halides is 6. The maximum Gasteiger partial charge on any atom is 0.490 e. The van der Waals surface area contributed by atoms with Crippen molar-refractivity contribution in [1.29, 1.82) is 0 Å². The van der Waals surface area contributed by atoms with E-state index in [0.717, 1.165) is 45.4 Å². The zero-order valence-corrected chi connectivity index (χ0v) is 18.9. The molecule has 0 aliphatic carbocycles. The molecule has 14 heteroatoms. The Morgan fingerprint density at radius 1 is 1.11 bits per heavy atom. The fourth-order valence-electron chi connectivity index (χ4n) is 3.62. The minimum Gasteiger partial charge on any atom is -0.475 e. The average Bonchev–Trinajstić information content (AvgIpc) is 2.73. The molecular formula is C21H28F6N2O6. The van der Waals surface area contributed by atoms with Gasteiger partial charge in [0.05, 0.1) is 5.60 Å². The van der Waals surface area contributed by atoms with Crippen LogP contribution in [0.4, 0.5) is 26.3 Å². The summed E-state index contributed by atoms with van der Waals surface area (Å²) >= 11 is 0. The molecule has 200 valence electrons. The molecule has 8 nitrogen and oxygen atoms in total. The molecule has 3 heterocycles. The van der Waals surface area contributed by atoms with Gasteiger partial charge in [0.15, 0.2) is 0 Å². The van der Waals surface area contributed by atoms with E-state index in [1.54, 1.807) is 0 Å². The van der Waals surface area contributed by atoms with E-state index in [4.69, 9.17) is 29.3 Å². The van der Waals surface area contributed by atoms with Gasteiger partial charge in [0.25, 0.3) is 0 Å². The van der Waals surface area contributed by atoms with Gasteiger partial charge in [-0.05, 0) is 49.8 Å². The topological polar surface area (TPSA) is 109 Å². The molecule has 1 spiro atoms. The predicted molar refractivity (Wildman–Crippen MR) is 109 cm³/mol. The van der Waals surface area contributed by atoms with Gasteiger partial charge in [0.1, 0.15) is 0 Å². The molecule has 35 heavy (non-hydrogen) atoms. The molecule has 1 atom stereocenters. The third kappa shape index (κ3) is 11.7. The van der Waals surface area contributed by atoms with Crippen LogP contribution < -0.4 is 0 Å². The Balaban J connectivity index is 0.000000362. The van der Waals surface area contributed by atoms with Gasteiger partial charge in [-0.2, -0.15) is 26.3 Å². The number of hydrogen-bond donors (Lipinski definition) is 2. The van der Waals surface area contributed by atoms with E-state index in [2.05, 4.69) is 28.9 Å². The first kappa shape index (κ1) is 30.6. The molecule has 1 aromatic heterocycles. The first-order chi connectivity index (χ1) is 16.2. The van der Waals surface area contributed by atoms with Crippen molar-refractivity contribution < 1.29 is 55.6 Å². The van der Waals surface area contributed by atoms with Crippen LogP contribution in [0, 0.1) is 5.92 Å². The Morgan fingerprint density at radius 2 is 1.63 bits per heavy atom. The van der Waals surface area contributed by atoms with Crippen LogP contribution in [0.3, 0.4) is 0 Å². The standard InChI is InChI=1S/C17H26N2O2.2C2HF3O2/c1-2-20-9-5-15-6-10-21-17(11-15)13-19(14-17)12-16-3-7-18-8-4-16;2*3-2(4,5)1(6)7/h3-4,7-8,15H,2,5-6,9-14H2,1H3;2*(H,6,7). The predicted octanol–water partition coefficient (Wildman–Crippen LogP) is 3.76. The summed E-state index contributed by atoms with van der Waals surface area (Å²) in [4.78, 5) is 24.3. The molecule has 1 unspecified atom stereocenters. The molecule has 2 aliphatic heterocycles. The summed E-state index contributed by atoms with van der Waals surface area (Å²) in [6, 6.07) is 4.19. The summed E-state index contributed by atoms with van der Waals surface area (Å²) in [7, 11) is 0. The average molecular weight is 518 g/mol. The number of hydrogen-bond acceptors (Lipinski definition) is 6. The normalized spacial score (nSPS) is 19.5. The van der Waals surface area contributed by atoms with Gasteiger partial charge in [0.2, 0.25) is 0 Å². The summed E-state index contributed by atoms with van der Waals surface area (Å²) < 4.78 is 75.1. The third-order valence-corrected chi connectivity index (χ3v) is 5.13. The van der Waals surface area contributed by atoms with Gasteiger partial charge in [-0.1, -0.05) is 0 Å². The van der Waals surface area contributed by atoms with Crippen LogP contribution in [0.5, 0.6) is 0 Å². The van der Waals surface area contributed by atoms with Gasteiger partial charge >= 0.3 is 24.3 Å². The van der Waals surface area contributed by atoms with E-state index in [9.17, 15) is 26.3 Å². The molecule has 0 aromatic carbocycles. The van der Waals surface area contributed by atoms with Gasteiger partial charge in [-0.15, -0.1) is 0 Å². The van der Waals surface area contributed by atoms with Crippen LogP contribution in [0.15, 0.2) is 24.5 Å². The highest BCUT2D eigenvalue weighted by Gasteiger charge is 2.47. The summed E-state index contributed by atoms with van der Waals surface area (Å²) in [5.41, 5.74) is 1.46. The van der Waals surface area contributed by atoms with Crippen molar-refractivity contribution in [2.75, 3.05) is 32.9 Å². The van der Waals surface area contributed by atoms with Crippen molar-refractivity contribution in [3.05, 3.63) is 30.1 Å². The Bertz CT molecular complexity index is 761. The smallest absolute Gasteiger partial charge is 0.475 e. The summed E-state index contributed by atoms with van der Waals surface area (Å²) in [6.45, 7) is 7.86. The lowest BCUT2D eigenvalue weighted by Crippen LogP contribution is -2.64. The van der Waals surface area contributed by atoms with Crippen LogP contribution in [-0.2, 0) is 25.6 Å². The molecule has 0 saturated carbocycles. The van der Waals surface area contributed by atoms with Crippen molar-refractivity contribution in [2.45, 2.75) is 50.7 Å². The number of aliphatic carboxylic acids is 2. The molecular weight excluding hydrogens is 490 g/mol. The Labute approximate surface area is 197 Å². The largest absolute Gasteiger partial charge is 0.490 e. The van der Waals surface area contributed by atoms with E-state index in [1.165, 1.54) is 24.8 Å². The number of likely N-dealkylation sites (tertiary alicyclic amines) is 1. The first-order valence-electron chi connectivity index (χ1n) is 10.6. The Morgan fingerprint density at radius 3 is 2.09 bits per heavy atom. The van der Waals surface area contributed by atoms with Crippen molar-refractivity contribution in [3.8, 4) is 0 Å². The van der Waals surface area contributed by atoms with Crippen molar-refractivity contribution in [1.82, 2.24) is 9.88 Å². The molecule has 3 rings (SSSR count). The number of halogens is 6. The fraction of sp³-hybridized carbons (Fsp3) is 0.667. The number of carbonyl (C=O) groups is 2. The second kappa shape index (κ2) is 13.6. The lowest BCUT2D eigenvalue weighted by molar-refractivity contribution is -0.193. The van der Waals surface area contributed by atoms with Gasteiger partial charge in [-0.3, -0.25) is 9.88 Å². The molecule has 2 fully saturated rings. The number of pyridine rings is 1. The fourth-order valence-corrected chi connectivity index (χ4v) is 3.62. The van der Waals surface area contributed by atoms with Crippen molar-refractivity contribution in [2.24, 2.45) is 5.92 Å². The van der Waals surface area contributed by atoms with Crippen LogP contribution in [0.2, 0.25) is 0 Å². The van der Waals surface area contributed by atoms with E-state index < -0.39 is 24.3 Å². The quantitative estimate of drug-likeness (QED) is 0.433. The molecule has 2 N–H and O–H groups in total. The van der Waals surface area contributed by atoms with Gasteiger partial charge in [0, 0.05) is 51.8 Å². The number of carboxylic acids is 2. The monoisotopic (exact) mass is 518 g/mol. The number of rotatable bonds is 6. The molecule has 0 bridgehead atoms. The second-order valence-electron chi connectivity index (χ2n) is 7.98. The summed E-state index contributed by atoms with van der Waals surface area (Å²) in [5.74, 6) is -4.74. The number of nitrogens with zero attached hydrogens (tertiary/aromatic N) is 2. The van der Waals surface area contributed by atoms with Crippen molar-refractivity contribution in [3.63, 3.8) is 0 Å². The highest BCUT2D eigenvalue weighted by molar-refractivity contribution is 5.73. The third-order valence-electron chi connectivity index (χ3n) is 5.13. The number of ether oxygens (including phenoxy) is 2. The second-order valence-corrected chi connectivity index (χ2v) is 7.98. The van der Waals surface area contributed by atoms with Crippen LogP contribution >= 0.6 is 0 Å². The Hall–Kier alpha value is -2.45. The molecule has 0 amide bonds. The van der Waals surface area contributed by atoms with E-state index in [-0.39, 0.29) is 5.60 Å². The van der Waals surface area contributed by atoms with Crippen LogP contribution in [0.25, 0.3) is 0 Å². The lowest BCUT2D eigenvalue weighted by atomic mass is 9.79. The Kier molecular flexibility index (Phi) is 11.9. The highest BCUT2D eigenvalue weighted by Crippen LogP contribution is 2.38. The van der Waals surface area contributed by atoms with Crippen LogP contribution in [-0.4, -0.2) is 82.9 Å². The van der Waals surface area contributed by atoms with Gasteiger partial charge in [-0.25, -0.2) is 9.59 Å². The minimum atomic E-state index is -5.08. The first-order valence-corrected chi connectivity index (χ1v) is 10.6. The van der Waals surface area contributed by atoms with E-state index in [0.29, 0.717) is 0 Å². The zero-order chi connectivity index (χ0) is 26.7. The minimum absolute atomic E-state index is 0.127. The summed E-state index contributed by atoms with van der Waals surface area (Å²) in [6.07, 6.45) is -2.85. The molecule has 2 aliphatic rings. The SMILES string of the molecule is CCOCCC1CCOC2(C1)CN(Cc1ccncc1)C2.O=C(O)C(F)(F)F.O=C(O)C(F)(F)F. The van der Waals surface area contributed by atoms with E-state index >= 15 is 0 Å². The zero-order valence-electron chi connectivity index (χ0n) is 18.9. The van der Waals surface area contributed by atoms with Crippen LogP contribution in [0.1, 0.15) is 31.7 Å². The molecule has 2 saturated heterocycles. The molecule has 0 radical (unpaired) electrons. The summed E-state index contributed by atoms with van der Waals surface area (Å²) in [5, 5.41) is 14.2.